The monoisotopic (exact) mass is 309 g/mol. The van der Waals surface area contributed by atoms with Gasteiger partial charge in [0, 0.05) is 17.8 Å². The van der Waals surface area contributed by atoms with E-state index in [1.54, 1.807) is 12.1 Å². The minimum Gasteiger partial charge on any atom is -0.370 e. The topological polar surface area (TPSA) is 37.8 Å². The Hall–Kier alpha value is -1.32. The van der Waals surface area contributed by atoms with Crippen molar-refractivity contribution in [3.05, 3.63) is 39.5 Å². The van der Waals surface area contributed by atoms with Crippen molar-refractivity contribution < 1.29 is 0 Å². The highest BCUT2D eigenvalue weighted by atomic mass is 35.5. The van der Waals surface area contributed by atoms with Crippen molar-refractivity contribution in [1.82, 2.24) is 9.97 Å². The van der Waals surface area contributed by atoms with E-state index >= 15 is 0 Å². The summed E-state index contributed by atoms with van der Waals surface area (Å²) >= 11 is 12.5. The van der Waals surface area contributed by atoms with Gasteiger partial charge in [-0.15, -0.1) is 0 Å². The smallest absolute Gasteiger partial charge is 0.164 e. The van der Waals surface area contributed by atoms with Gasteiger partial charge in [-0.2, -0.15) is 0 Å². The first-order valence-electron chi connectivity index (χ1n) is 6.64. The standard InChI is InChI=1S/C15H17Cl2N3/c1-4-12-9(3)14(18-5-2)20-15(19-12)13-10(16)7-6-8-11(13)17/h6-8H,4-5H2,1-3H3,(H,18,19,20). The minimum absolute atomic E-state index is 0.561. The number of anilines is 1. The molecule has 0 aliphatic rings. The van der Waals surface area contributed by atoms with Crippen molar-refractivity contribution in [3.63, 3.8) is 0 Å². The van der Waals surface area contributed by atoms with E-state index in [2.05, 4.69) is 22.2 Å². The SMILES string of the molecule is CCNc1nc(-c2c(Cl)cccc2Cl)nc(CC)c1C. The number of aryl methyl sites for hydroxylation is 1. The molecule has 0 spiro atoms. The lowest BCUT2D eigenvalue weighted by Crippen LogP contribution is -2.07. The van der Waals surface area contributed by atoms with E-state index in [1.165, 1.54) is 0 Å². The summed E-state index contributed by atoms with van der Waals surface area (Å²) in [4.78, 5) is 9.18. The van der Waals surface area contributed by atoms with Gasteiger partial charge in [-0.25, -0.2) is 9.97 Å². The van der Waals surface area contributed by atoms with E-state index in [0.717, 1.165) is 30.0 Å². The van der Waals surface area contributed by atoms with Crippen LogP contribution in [-0.2, 0) is 6.42 Å². The zero-order valence-electron chi connectivity index (χ0n) is 11.8. The summed E-state index contributed by atoms with van der Waals surface area (Å²) in [6.45, 7) is 6.93. The predicted octanol–water partition coefficient (Wildman–Crippen LogP) is 4.75. The summed E-state index contributed by atoms with van der Waals surface area (Å²) < 4.78 is 0. The Bertz CT molecular complexity index is 607. The third kappa shape index (κ3) is 2.89. The van der Waals surface area contributed by atoms with Crippen LogP contribution in [-0.4, -0.2) is 16.5 Å². The molecule has 106 valence electrons. The fourth-order valence-electron chi connectivity index (χ4n) is 2.07. The summed E-state index contributed by atoms with van der Waals surface area (Å²) in [7, 11) is 0. The van der Waals surface area contributed by atoms with Gasteiger partial charge in [-0.1, -0.05) is 36.2 Å². The Kier molecular flexibility index (Phi) is 4.84. The normalized spacial score (nSPS) is 10.7. The van der Waals surface area contributed by atoms with Crippen LogP contribution < -0.4 is 5.32 Å². The number of nitrogens with zero attached hydrogens (tertiary/aromatic N) is 2. The third-order valence-corrected chi connectivity index (χ3v) is 3.74. The van der Waals surface area contributed by atoms with Crippen LogP contribution in [0.5, 0.6) is 0 Å². The van der Waals surface area contributed by atoms with Crippen LogP contribution in [0.1, 0.15) is 25.1 Å². The summed E-state index contributed by atoms with van der Waals surface area (Å²) in [5.74, 6) is 1.41. The summed E-state index contributed by atoms with van der Waals surface area (Å²) in [6, 6.07) is 5.41. The fraction of sp³-hybridized carbons (Fsp3) is 0.333. The molecule has 1 aromatic heterocycles. The third-order valence-electron chi connectivity index (χ3n) is 3.11. The Morgan fingerprint density at radius 2 is 1.75 bits per heavy atom. The highest BCUT2D eigenvalue weighted by Crippen LogP contribution is 2.33. The van der Waals surface area contributed by atoms with E-state index in [0.29, 0.717) is 21.4 Å². The van der Waals surface area contributed by atoms with E-state index in [9.17, 15) is 0 Å². The summed E-state index contributed by atoms with van der Waals surface area (Å²) in [6.07, 6.45) is 0.835. The van der Waals surface area contributed by atoms with E-state index in [1.807, 2.05) is 19.9 Å². The summed E-state index contributed by atoms with van der Waals surface area (Å²) in [5, 5.41) is 4.38. The van der Waals surface area contributed by atoms with Crippen molar-refractivity contribution in [1.29, 1.82) is 0 Å². The molecular weight excluding hydrogens is 293 g/mol. The van der Waals surface area contributed by atoms with Crippen LogP contribution in [0, 0.1) is 6.92 Å². The van der Waals surface area contributed by atoms with Crippen LogP contribution >= 0.6 is 23.2 Å². The van der Waals surface area contributed by atoms with E-state index in [-0.39, 0.29) is 0 Å². The lowest BCUT2D eigenvalue weighted by molar-refractivity contribution is 0.970. The molecule has 0 atom stereocenters. The van der Waals surface area contributed by atoms with Crippen LogP contribution in [0.3, 0.4) is 0 Å². The lowest BCUT2D eigenvalue weighted by Gasteiger charge is -2.13. The average Bonchev–Trinajstić information content (AvgIpc) is 2.42. The second kappa shape index (κ2) is 6.42. The molecule has 3 nitrogen and oxygen atoms in total. The molecule has 2 rings (SSSR count). The van der Waals surface area contributed by atoms with Crippen LogP contribution in [0.4, 0.5) is 5.82 Å². The molecule has 0 unspecified atom stereocenters. The van der Waals surface area contributed by atoms with Crippen LogP contribution in [0.15, 0.2) is 18.2 Å². The number of hydrogen-bond donors (Lipinski definition) is 1. The zero-order chi connectivity index (χ0) is 14.7. The van der Waals surface area contributed by atoms with Gasteiger partial charge in [0.15, 0.2) is 5.82 Å². The molecule has 0 radical (unpaired) electrons. The lowest BCUT2D eigenvalue weighted by atomic mass is 10.1. The number of hydrogen-bond acceptors (Lipinski definition) is 3. The van der Waals surface area contributed by atoms with Crippen molar-refractivity contribution in [2.75, 3.05) is 11.9 Å². The first-order chi connectivity index (χ1) is 9.58. The maximum absolute atomic E-state index is 6.24. The highest BCUT2D eigenvalue weighted by molar-refractivity contribution is 6.38. The second-order valence-electron chi connectivity index (χ2n) is 4.45. The molecule has 0 aliphatic heterocycles. The molecule has 1 heterocycles. The molecule has 0 saturated carbocycles. The average molecular weight is 310 g/mol. The molecule has 2 aromatic rings. The molecule has 0 fully saturated rings. The Balaban J connectivity index is 2.65. The molecule has 5 heteroatoms. The number of halogens is 2. The second-order valence-corrected chi connectivity index (χ2v) is 5.26. The number of rotatable bonds is 4. The molecule has 0 aliphatic carbocycles. The maximum Gasteiger partial charge on any atom is 0.164 e. The largest absolute Gasteiger partial charge is 0.370 e. The minimum atomic E-state index is 0.561. The predicted molar refractivity (Wildman–Crippen MR) is 85.8 cm³/mol. The fourth-order valence-corrected chi connectivity index (χ4v) is 2.64. The summed E-state index contributed by atoms with van der Waals surface area (Å²) in [5.41, 5.74) is 2.76. The first kappa shape index (κ1) is 15.1. The molecule has 1 N–H and O–H groups in total. The van der Waals surface area contributed by atoms with Crippen molar-refractivity contribution in [2.24, 2.45) is 0 Å². The van der Waals surface area contributed by atoms with Crippen molar-refractivity contribution in [3.8, 4) is 11.4 Å². The first-order valence-corrected chi connectivity index (χ1v) is 7.39. The Morgan fingerprint density at radius 1 is 1.10 bits per heavy atom. The molecule has 0 bridgehead atoms. The van der Waals surface area contributed by atoms with Gasteiger partial charge in [0.1, 0.15) is 5.82 Å². The van der Waals surface area contributed by atoms with Gasteiger partial charge in [-0.3, -0.25) is 0 Å². The molecule has 20 heavy (non-hydrogen) atoms. The molecular formula is C15H17Cl2N3. The van der Waals surface area contributed by atoms with Gasteiger partial charge < -0.3 is 5.32 Å². The molecule has 0 amide bonds. The quantitative estimate of drug-likeness (QED) is 0.885. The van der Waals surface area contributed by atoms with E-state index < -0.39 is 0 Å². The number of nitrogens with one attached hydrogen (secondary N) is 1. The van der Waals surface area contributed by atoms with Gasteiger partial charge in [-0.05, 0) is 32.4 Å². The zero-order valence-corrected chi connectivity index (χ0v) is 13.3. The van der Waals surface area contributed by atoms with E-state index in [4.69, 9.17) is 23.2 Å². The van der Waals surface area contributed by atoms with Crippen molar-refractivity contribution in [2.45, 2.75) is 27.2 Å². The Labute approximate surface area is 129 Å². The van der Waals surface area contributed by atoms with Crippen LogP contribution in [0.2, 0.25) is 10.0 Å². The van der Waals surface area contributed by atoms with Gasteiger partial charge in [0.25, 0.3) is 0 Å². The van der Waals surface area contributed by atoms with Crippen molar-refractivity contribution >= 4 is 29.0 Å². The van der Waals surface area contributed by atoms with Gasteiger partial charge in [0.05, 0.1) is 15.6 Å². The number of benzene rings is 1. The molecule has 1 aromatic carbocycles. The highest BCUT2D eigenvalue weighted by Gasteiger charge is 2.15. The van der Waals surface area contributed by atoms with Crippen LogP contribution in [0.25, 0.3) is 11.4 Å². The number of aromatic nitrogens is 2. The Morgan fingerprint density at radius 3 is 2.30 bits per heavy atom. The van der Waals surface area contributed by atoms with Gasteiger partial charge in [0.2, 0.25) is 0 Å². The molecule has 0 saturated heterocycles. The maximum atomic E-state index is 6.24. The van der Waals surface area contributed by atoms with Gasteiger partial charge >= 0.3 is 0 Å².